The Labute approximate surface area is 174 Å². The summed E-state index contributed by atoms with van der Waals surface area (Å²) in [5.41, 5.74) is 0.420. The second kappa shape index (κ2) is 8.67. The van der Waals surface area contributed by atoms with Gasteiger partial charge in [-0.05, 0) is 51.6 Å². The third-order valence-corrected chi connectivity index (χ3v) is 5.61. The fourth-order valence-corrected chi connectivity index (χ4v) is 4.02. The van der Waals surface area contributed by atoms with Gasteiger partial charge in [0.15, 0.2) is 5.65 Å². The molecule has 2 aliphatic rings. The standard InChI is InChI=1S/C20H27N5O3.ClH/c1-3-8-25-17-16(19(27)24-20(25)28)14(10-15(23-17)12-4-5-12)18(26)22-13-6-7-21-11(2)9-13;/h10-13,21H,3-9H2,1-2H3,(H,22,26)(H,24,27,28);1H. The molecule has 8 nitrogen and oxygen atoms in total. The predicted molar refractivity (Wildman–Crippen MR) is 114 cm³/mol. The number of aromatic nitrogens is 3. The number of nitrogens with zero attached hydrogens (tertiary/aromatic N) is 2. The number of fused-ring (bicyclic) bond motifs is 1. The van der Waals surface area contributed by atoms with E-state index in [1.54, 1.807) is 6.07 Å². The van der Waals surface area contributed by atoms with Crippen LogP contribution in [-0.2, 0) is 6.54 Å². The van der Waals surface area contributed by atoms with Gasteiger partial charge in [0, 0.05) is 30.2 Å². The highest BCUT2D eigenvalue weighted by Gasteiger charge is 2.29. The number of pyridine rings is 1. The van der Waals surface area contributed by atoms with E-state index in [1.807, 2.05) is 6.92 Å². The summed E-state index contributed by atoms with van der Waals surface area (Å²) in [6.07, 6.45) is 4.47. The number of amides is 1. The molecule has 158 valence electrons. The topological polar surface area (TPSA) is 109 Å². The van der Waals surface area contributed by atoms with E-state index >= 15 is 0 Å². The van der Waals surface area contributed by atoms with E-state index < -0.39 is 11.2 Å². The van der Waals surface area contributed by atoms with Crippen LogP contribution < -0.4 is 21.9 Å². The van der Waals surface area contributed by atoms with Gasteiger partial charge < -0.3 is 10.6 Å². The molecule has 3 heterocycles. The van der Waals surface area contributed by atoms with Crippen molar-refractivity contribution in [2.45, 2.75) is 70.5 Å². The van der Waals surface area contributed by atoms with Crippen LogP contribution in [0.5, 0.6) is 0 Å². The molecule has 3 N–H and O–H groups in total. The average molecular weight is 422 g/mol. The maximum atomic E-state index is 13.1. The number of carbonyl (C=O) groups excluding carboxylic acids is 1. The van der Waals surface area contributed by atoms with Crippen LogP contribution in [0, 0.1) is 0 Å². The minimum Gasteiger partial charge on any atom is -0.349 e. The summed E-state index contributed by atoms with van der Waals surface area (Å²) in [5.74, 6) is 0.0416. The highest BCUT2D eigenvalue weighted by atomic mass is 35.5. The van der Waals surface area contributed by atoms with Crippen LogP contribution in [0.1, 0.15) is 67.9 Å². The Morgan fingerprint density at radius 2 is 2.07 bits per heavy atom. The molecule has 1 amide bonds. The molecule has 1 saturated carbocycles. The fourth-order valence-electron chi connectivity index (χ4n) is 4.02. The third-order valence-electron chi connectivity index (χ3n) is 5.61. The smallest absolute Gasteiger partial charge is 0.329 e. The van der Waals surface area contributed by atoms with Crippen LogP contribution in [0.15, 0.2) is 15.7 Å². The van der Waals surface area contributed by atoms with Gasteiger partial charge >= 0.3 is 5.69 Å². The summed E-state index contributed by atoms with van der Waals surface area (Å²) in [5, 5.41) is 6.67. The maximum Gasteiger partial charge on any atom is 0.329 e. The second-order valence-electron chi connectivity index (χ2n) is 8.03. The van der Waals surface area contributed by atoms with E-state index in [1.165, 1.54) is 4.57 Å². The van der Waals surface area contributed by atoms with Gasteiger partial charge in [0.1, 0.15) is 0 Å². The third kappa shape index (κ3) is 4.38. The van der Waals surface area contributed by atoms with Crippen LogP contribution in [0.2, 0.25) is 0 Å². The molecule has 2 aromatic rings. The van der Waals surface area contributed by atoms with E-state index in [0.717, 1.165) is 44.3 Å². The number of rotatable bonds is 5. The highest BCUT2D eigenvalue weighted by molar-refractivity contribution is 6.05. The summed E-state index contributed by atoms with van der Waals surface area (Å²) in [4.78, 5) is 45.1. The number of H-pyrrole nitrogens is 1. The Hall–Kier alpha value is -2.19. The molecule has 0 bridgehead atoms. The molecule has 0 spiro atoms. The lowest BCUT2D eigenvalue weighted by Gasteiger charge is -2.28. The lowest BCUT2D eigenvalue weighted by Crippen LogP contribution is -2.46. The van der Waals surface area contributed by atoms with Gasteiger partial charge in [0.2, 0.25) is 0 Å². The zero-order valence-corrected chi connectivity index (χ0v) is 17.6. The second-order valence-corrected chi connectivity index (χ2v) is 8.03. The molecule has 2 aromatic heterocycles. The molecular formula is C20H28ClN5O3. The fraction of sp³-hybridized carbons (Fsp3) is 0.600. The molecule has 0 aromatic carbocycles. The van der Waals surface area contributed by atoms with Crippen molar-refractivity contribution < 1.29 is 4.79 Å². The molecule has 2 unspecified atom stereocenters. The lowest BCUT2D eigenvalue weighted by molar-refractivity contribution is 0.0927. The van der Waals surface area contributed by atoms with Crippen molar-refractivity contribution >= 4 is 29.3 Å². The average Bonchev–Trinajstić information content (AvgIpc) is 3.49. The summed E-state index contributed by atoms with van der Waals surface area (Å²) in [6, 6.07) is 2.15. The SMILES string of the molecule is CCCn1c(=O)[nH]c(=O)c2c(C(=O)NC3CCNC(C)C3)cc(C3CC3)nc21.Cl. The number of carbonyl (C=O) groups is 1. The zero-order valence-electron chi connectivity index (χ0n) is 16.8. The molecule has 2 fully saturated rings. The molecule has 1 saturated heterocycles. The van der Waals surface area contributed by atoms with E-state index in [0.29, 0.717) is 29.7 Å². The van der Waals surface area contributed by atoms with Crippen LogP contribution in [0.4, 0.5) is 0 Å². The van der Waals surface area contributed by atoms with Crippen LogP contribution in [-0.4, -0.2) is 39.1 Å². The van der Waals surface area contributed by atoms with Crippen molar-refractivity contribution in [2.24, 2.45) is 0 Å². The monoisotopic (exact) mass is 421 g/mol. The Kier molecular flexibility index (Phi) is 6.43. The van der Waals surface area contributed by atoms with Crippen molar-refractivity contribution in [3.05, 3.63) is 38.2 Å². The summed E-state index contributed by atoms with van der Waals surface area (Å²) in [7, 11) is 0. The van der Waals surface area contributed by atoms with E-state index in [9.17, 15) is 14.4 Å². The van der Waals surface area contributed by atoms with Crippen molar-refractivity contribution in [1.82, 2.24) is 25.2 Å². The number of hydrogen-bond acceptors (Lipinski definition) is 5. The Balaban J connectivity index is 0.00000240. The Morgan fingerprint density at radius 1 is 1.31 bits per heavy atom. The first-order valence-corrected chi connectivity index (χ1v) is 10.2. The first-order valence-electron chi connectivity index (χ1n) is 10.2. The van der Waals surface area contributed by atoms with Gasteiger partial charge in [0.05, 0.1) is 10.9 Å². The van der Waals surface area contributed by atoms with Crippen LogP contribution >= 0.6 is 12.4 Å². The first-order chi connectivity index (χ1) is 13.5. The number of nitrogens with one attached hydrogen (secondary N) is 3. The lowest BCUT2D eigenvalue weighted by atomic mass is 10.00. The van der Waals surface area contributed by atoms with Crippen molar-refractivity contribution in [3.63, 3.8) is 0 Å². The normalized spacial score (nSPS) is 21.6. The number of piperidine rings is 1. The molecule has 9 heteroatoms. The molecule has 2 atom stereocenters. The van der Waals surface area contributed by atoms with E-state index in [2.05, 4.69) is 27.5 Å². The van der Waals surface area contributed by atoms with E-state index in [4.69, 9.17) is 0 Å². The molecule has 1 aliphatic carbocycles. The Morgan fingerprint density at radius 3 is 2.72 bits per heavy atom. The quantitative estimate of drug-likeness (QED) is 0.680. The number of hydrogen-bond donors (Lipinski definition) is 3. The maximum absolute atomic E-state index is 13.1. The van der Waals surface area contributed by atoms with Gasteiger partial charge in [-0.25, -0.2) is 9.78 Å². The molecule has 0 radical (unpaired) electrons. The van der Waals surface area contributed by atoms with Crippen LogP contribution in [0.25, 0.3) is 11.0 Å². The highest BCUT2D eigenvalue weighted by Crippen LogP contribution is 2.39. The minimum absolute atomic E-state index is 0. The largest absolute Gasteiger partial charge is 0.349 e. The summed E-state index contributed by atoms with van der Waals surface area (Å²) >= 11 is 0. The Bertz CT molecular complexity index is 1030. The molecule has 29 heavy (non-hydrogen) atoms. The summed E-state index contributed by atoms with van der Waals surface area (Å²) in [6.45, 7) is 5.35. The van der Waals surface area contributed by atoms with Gasteiger partial charge in [-0.3, -0.25) is 19.1 Å². The van der Waals surface area contributed by atoms with Gasteiger partial charge in [-0.2, -0.15) is 0 Å². The number of aryl methyl sites for hydroxylation is 1. The molecule has 4 rings (SSSR count). The summed E-state index contributed by atoms with van der Waals surface area (Å²) < 4.78 is 1.48. The number of halogens is 1. The zero-order chi connectivity index (χ0) is 19.8. The van der Waals surface area contributed by atoms with Gasteiger partial charge in [0.25, 0.3) is 11.5 Å². The van der Waals surface area contributed by atoms with Gasteiger partial charge in [-0.15, -0.1) is 12.4 Å². The van der Waals surface area contributed by atoms with E-state index in [-0.39, 0.29) is 29.7 Å². The first kappa shape index (κ1) is 21.5. The van der Waals surface area contributed by atoms with Crippen molar-refractivity contribution in [3.8, 4) is 0 Å². The van der Waals surface area contributed by atoms with Crippen molar-refractivity contribution in [1.29, 1.82) is 0 Å². The predicted octanol–water partition coefficient (Wildman–Crippen LogP) is 1.66. The molecular weight excluding hydrogens is 394 g/mol. The van der Waals surface area contributed by atoms with Gasteiger partial charge in [-0.1, -0.05) is 6.92 Å². The van der Waals surface area contributed by atoms with Crippen LogP contribution in [0.3, 0.4) is 0 Å². The minimum atomic E-state index is -0.550. The van der Waals surface area contributed by atoms with Crippen molar-refractivity contribution in [2.75, 3.05) is 6.54 Å². The number of aromatic amines is 1. The molecule has 1 aliphatic heterocycles.